The van der Waals surface area contributed by atoms with Crippen molar-refractivity contribution in [2.75, 3.05) is 13.7 Å². The molecule has 0 aliphatic rings. The van der Waals surface area contributed by atoms with Gasteiger partial charge < -0.3 is 10.1 Å². The lowest BCUT2D eigenvalue weighted by Gasteiger charge is -2.03. The number of hydrogen-bond donors (Lipinski definition) is 1. The molecular weight excluding hydrogens is 142 g/mol. The largest absolute Gasteiger partial charge is 0.453 e. The summed E-state index contributed by atoms with van der Waals surface area (Å²) in [6.07, 6.45) is -0.442. The Morgan fingerprint density at radius 3 is 2.78 bits per heavy atom. The Labute approximate surface area is 59.3 Å². The van der Waals surface area contributed by atoms with Gasteiger partial charge in [0.1, 0.15) is 0 Å². The van der Waals surface area contributed by atoms with Crippen LogP contribution in [0.1, 0.15) is 6.92 Å². The third-order valence-corrected chi connectivity index (χ3v) is 0.867. The van der Waals surface area contributed by atoms with E-state index >= 15 is 0 Å². The first-order chi connectivity index (χ1) is 4.16. The molecule has 0 saturated carbocycles. The standard InChI is InChI=1S/C5H10ClNO2/c1-4(6)3-7-5(8)9-2/h4H,3H2,1-2H3,(H,7,8). The van der Waals surface area contributed by atoms with Crippen LogP contribution >= 0.6 is 11.6 Å². The van der Waals surface area contributed by atoms with E-state index in [2.05, 4.69) is 10.1 Å². The maximum Gasteiger partial charge on any atom is 0.406 e. The topological polar surface area (TPSA) is 38.3 Å². The van der Waals surface area contributed by atoms with Gasteiger partial charge in [-0.1, -0.05) is 0 Å². The first kappa shape index (κ1) is 8.56. The molecule has 4 heteroatoms. The van der Waals surface area contributed by atoms with Crippen molar-refractivity contribution in [2.24, 2.45) is 0 Å². The van der Waals surface area contributed by atoms with Crippen LogP contribution in [0, 0.1) is 0 Å². The van der Waals surface area contributed by atoms with Gasteiger partial charge in [0.15, 0.2) is 0 Å². The molecule has 0 rings (SSSR count). The number of halogens is 1. The highest BCUT2D eigenvalue weighted by Gasteiger charge is 1.99. The minimum Gasteiger partial charge on any atom is -0.453 e. The fourth-order valence-corrected chi connectivity index (χ4v) is 0.373. The van der Waals surface area contributed by atoms with E-state index < -0.39 is 6.09 Å². The average Bonchev–Trinajstić information content (AvgIpc) is 1.83. The second-order valence-electron chi connectivity index (χ2n) is 1.65. The summed E-state index contributed by atoms with van der Waals surface area (Å²) in [7, 11) is 1.31. The second-order valence-corrected chi connectivity index (χ2v) is 2.40. The summed E-state index contributed by atoms with van der Waals surface area (Å²) in [6, 6.07) is 0. The normalized spacial score (nSPS) is 12.3. The predicted molar refractivity (Wildman–Crippen MR) is 35.7 cm³/mol. The lowest BCUT2D eigenvalue weighted by molar-refractivity contribution is 0.171. The molecule has 1 amide bonds. The van der Waals surface area contributed by atoms with Gasteiger partial charge in [0, 0.05) is 11.9 Å². The van der Waals surface area contributed by atoms with Crippen molar-refractivity contribution in [3.05, 3.63) is 0 Å². The molecule has 0 saturated heterocycles. The highest BCUT2D eigenvalue weighted by molar-refractivity contribution is 6.20. The molecule has 1 atom stereocenters. The van der Waals surface area contributed by atoms with Gasteiger partial charge in [-0.3, -0.25) is 0 Å². The minimum absolute atomic E-state index is 0.0518. The molecule has 0 radical (unpaired) electrons. The van der Waals surface area contributed by atoms with E-state index in [1.807, 2.05) is 0 Å². The number of ether oxygens (including phenoxy) is 1. The highest BCUT2D eigenvalue weighted by atomic mass is 35.5. The van der Waals surface area contributed by atoms with E-state index in [1.54, 1.807) is 6.92 Å². The van der Waals surface area contributed by atoms with Crippen LogP contribution < -0.4 is 5.32 Å². The SMILES string of the molecule is COC(=O)NCC(C)Cl. The molecule has 0 heterocycles. The van der Waals surface area contributed by atoms with E-state index in [4.69, 9.17) is 11.6 Å². The number of alkyl carbamates (subject to hydrolysis) is 1. The van der Waals surface area contributed by atoms with E-state index in [0.717, 1.165) is 0 Å². The van der Waals surface area contributed by atoms with Gasteiger partial charge in [-0.15, -0.1) is 11.6 Å². The van der Waals surface area contributed by atoms with Crippen molar-refractivity contribution < 1.29 is 9.53 Å². The van der Waals surface area contributed by atoms with E-state index in [9.17, 15) is 4.79 Å². The van der Waals surface area contributed by atoms with Crippen molar-refractivity contribution in [3.8, 4) is 0 Å². The quantitative estimate of drug-likeness (QED) is 0.598. The Bertz CT molecular complexity index is 95.0. The van der Waals surface area contributed by atoms with E-state index in [0.29, 0.717) is 6.54 Å². The molecular formula is C5H10ClNO2. The molecule has 0 bridgehead atoms. The van der Waals surface area contributed by atoms with Gasteiger partial charge in [-0.2, -0.15) is 0 Å². The number of carbonyl (C=O) groups is 1. The molecule has 0 aliphatic carbocycles. The Balaban J connectivity index is 3.17. The fourth-order valence-electron chi connectivity index (χ4n) is 0.296. The summed E-state index contributed by atoms with van der Waals surface area (Å²) in [5.41, 5.74) is 0. The number of nitrogens with one attached hydrogen (secondary N) is 1. The zero-order chi connectivity index (χ0) is 7.28. The van der Waals surface area contributed by atoms with Crippen molar-refractivity contribution in [1.82, 2.24) is 5.32 Å². The van der Waals surface area contributed by atoms with Crippen LogP contribution in [0.2, 0.25) is 0 Å². The van der Waals surface area contributed by atoms with Crippen molar-refractivity contribution in [1.29, 1.82) is 0 Å². The summed E-state index contributed by atoms with van der Waals surface area (Å²) < 4.78 is 4.29. The van der Waals surface area contributed by atoms with Crippen LogP contribution in [-0.2, 0) is 4.74 Å². The first-order valence-corrected chi connectivity index (χ1v) is 3.06. The summed E-state index contributed by atoms with van der Waals surface area (Å²) in [5, 5.41) is 2.39. The highest BCUT2D eigenvalue weighted by Crippen LogP contribution is 1.88. The molecule has 0 aromatic carbocycles. The lowest BCUT2D eigenvalue weighted by Crippen LogP contribution is -2.28. The van der Waals surface area contributed by atoms with Crippen molar-refractivity contribution in [3.63, 3.8) is 0 Å². The Hall–Kier alpha value is -0.440. The second kappa shape index (κ2) is 4.44. The smallest absolute Gasteiger partial charge is 0.406 e. The molecule has 3 nitrogen and oxygen atoms in total. The number of carbonyl (C=O) groups excluding carboxylic acids is 1. The van der Waals surface area contributed by atoms with Gasteiger partial charge in [0.05, 0.1) is 7.11 Å². The molecule has 0 aromatic heterocycles. The monoisotopic (exact) mass is 151 g/mol. The van der Waals surface area contributed by atoms with Gasteiger partial charge in [0.25, 0.3) is 0 Å². The molecule has 0 fully saturated rings. The minimum atomic E-state index is -0.442. The van der Waals surface area contributed by atoms with Gasteiger partial charge in [-0.05, 0) is 6.92 Å². The number of hydrogen-bond acceptors (Lipinski definition) is 2. The molecule has 0 aliphatic heterocycles. The number of alkyl halides is 1. The molecule has 9 heavy (non-hydrogen) atoms. The average molecular weight is 152 g/mol. The third kappa shape index (κ3) is 5.43. The summed E-state index contributed by atoms with van der Waals surface area (Å²) in [5.74, 6) is 0. The maximum absolute atomic E-state index is 10.3. The van der Waals surface area contributed by atoms with Crippen LogP contribution in [0.5, 0.6) is 0 Å². The molecule has 1 unspecified atom stereocenters. The van der Waals surface area contributed by atoms with E-state index in [-0.39, 0.29) is 5.38 Å². The van der Waals surface area contributed by atoms with Crippen LogP contribution in [0.25, 0.3) is 0 Å². The van der Waals surface area contributed by atoms with Crippen LogP contribution in [-0.4, -0.2) is 25.1 Å². The molecule has 54 valence electrons. The summed E-state index contributed by atoms with van der Waals surface area (Å²) >= 11 is 5.51. The molecule has 1 N–H and O–H groups in total. The van der Waals surface area contributed by atoms with Gasteiger partial charge >= 0.3 is 6.09 Å². The van der Waals surface area contributed by atoms with Crippen LogP contribution in [0.15, 0.2) is 0 Å². The van der Waals surface area contributed by atoms with Crippen molar-refractivity contribution >= 4 is 17.7 Å². The van der Waals surface area contributed by atoms with Gasteiger partial charge in [0.2, 0.25) is 0 Å². The molecule has 0 spiro atoms. The van der Waals surface area contributed by atoms with Crippen LogP contribution in [0.4, 0.5) is 4.79 Å². The third-order valence-electron chi connectivity index (χ3n) is 0.713. The maximum atomic E-state index is 10.3. The van der Waals surface area contributed by atoms with Crippen molar-refractivity contribution in [2.45, 2.75) is 12.3 Å². The molecule has 0 aromatic rings. The predicted octanol–water partition coefficient (Wildman–Crippen LogP) is 0.970. The van der Waals surface area contributed by atoms with Crippen LogP contribution in [0.3, 0.4) is 0 Å². The number of methoxy groups -OCH3 is 1. The zero-order valence-corrected chi connectivity index (χ0v) is 6.23. The first-order valence-electron chi connectivity index (χ1n) is 2.62. The van der Waals surface area contributed by atoms with E-state index in [1.165, 1.54) is 7.11 Å². The summed E-state index contributed by atoms with van der Waals surface area (Å²) in [6.45, 7) is 2.23. The number of rotatable bonds is 2. The number of amides is 1. The Morgan fingerprint density at radius 1 is 1.89 bits per heavy atom. The summed E-state index contributed by atoms with van der Waals surface area (Å²) in [4.78, 5) is 10.3. The Morgan fingerprint density at radius 2 is 2.44 bits per heavy atom. The Kier molecular flexibility index (Phi) is 4.22. The lowest BCUT2D eigenvalue weighted by atomic mass is 10.5. The zero-order valence-electron chi connectivity index (χ0n) is 5.48. The fraction of sp³-hybridized carbons (Fsp3) is 0.800. The van der Waals surface area contributed by atoms with Gasteiger partial charge in [-0.25, -0.2) is 4.79 Å².